The van der Waals surface area contributed by atoms with E-state index in [1.165, 1.54) is 63.0 Å². The summed E-state index contributed by atoms with van der Waals surface area (Å²) in [6.45, 7) is 4.70. The number of rotatable bonds is 5. The van der Waals surface area contributed by atoms with Crippen molar-refractivity contribution >= 4 is 5.69 Å². The molecule has 1 aliphatic heterocycles. The van der Waals surface area contributed by atoms with Gasteiger partial charge in [-0.05, 0) is 62.3 Å². The van der Waals surface area contributed by atoms with Crippen LogP contribution in [0.1, 0.15) is 37.7 Å². The average molecular weight is 244 g/mol. The minimum absolute atomic E-state index is 0.970. The fraction of sp³-hybridized carbons (Fsp3) is 0.625. The van der Waals surface area contributed by atoms with E-state index in [1.807, 2.05) is 0 Å². The second-order valence-corrected chi connectivity index (χ2v) is 5.79. The minimum Gasteiger partial charge on any atom is -0.372 e. The van der Waals surface area contributed by atoms with Crippen molar-refractivity contribution in [3.05, 3.63) is 29.8 Å². The van der Waals surface area contributed by atoms with E-state index in [-0.39, 0.29) is 0 Å². The molecule has 1 aromatic carbocycles. The summed E-state index contributed by atoms with van der Waals surface area (Å²) in [5.41, 5.74) is 2.82. The number of piperidine rings is 1. The molecule has 0 unspecified atom stereocenters. The molecule has 2 heteroatoms. The summed E-state index contributed by atoms with van der Waals surface area (Å²) >= 11 is 0. The predicted molar refractivity (Wildman–Crippen MR) is 76.9 cm³/mol. The maximum Gasteiger partial charge on any atom is 0.0366 e. The molecule has 2 aliphatic rings. The maximum absolute atomic E-state index is 3.55. The number of hydrogen-bond donors (Lipinski definition) is 1. The SMILES string of the molecule is c1cc(N2CCCCC2)ccc1CNCC1CC1. The lowest BCUT2D eigenvalue weighted by Crippen LogP contribution is -2.29. The van der Waals surface area contributed by atoms with Crippen LogP contribution in [0.15, 0.2) is 24.3 Å². The highest BCUT2D eigenvalue weighted by atomic mass is 15.1. The van der Waals surface area contributed by atoms with Crippen LogP contribution in [0.3, 0.4) is 0 Å². The molecule has 2 fully saturated rings. The first-order chi connectivity index (χ1) is 8.92. The van der Waals surface area contributed by atoms with E-state index >= 15 is 0 Å². The summed E-state index contributed by atoms with van der Waals surface area (Å²) in [6, 6.07) is 9.15. The van der Waals surface area contributed by atoms with E-state index in [9.17, 15) is 0 Å². The Morgan fingerprint density at radius 2 is 1.72 bits per heavy atom. The van der Waals surface area contributed by atoms with Gasteiger partial charge in [0, 0.05) is 25.3 Å². The maximum atomic E-state index is 3.55. The van der Waals surface area contributed by atoms with Crippen molar-refractivity contribution in [2.24, 2.45) is 5.92 Å². The fourth-order valence-corrected chi connectivity index (χ4v) is 2.72. The van der Waals surface area contributed by atoms with Gasteiger partial charge < -0.3 is 10.2 Å². The Balaban J connectivity index is 1.50. The van der Waals surface area contributed by atoms with Gasteiger partial charge in [0.2, 0.25) is 0 Å². The first-order valence-corrected chi connectivity index (χ1v) is 7.46. The van der Waals surface area contributed by atoms with Gasteiger partial charge in [0.1, 0.15) is 0 Å². The van der Waals surface area contributed by atoms with E-state index in [2.05, 4.69) is 34.5 Å². The monoisotopic (exact) mass is 244 g/mol. The Morgan fingerprint density at radius 1 is 1.00 bits per heavy atom. The molecular weight excluding hydrogens is 220 g/mol. The minimum atomic E-state index is 0.970. The summed E-state index contributed by atoms with van der Waals surface area (Å²) in [5.74, 6) is 0.970. The molecule has 98 valence electrons. The van der Waals surface area contributed by atoms with Crippen molar-refractivity contribution < 1.29 is 0 Å². The van der Waals surface area contributed by atoms with Crippen molar-refractivity contribution in [3.8, 4) is 0 Å². The number of benzene rings is 1. The van der Waals surface area contributed by atoms with Gasteiger partial charge in [-0.2, -0.15) is 0 Å². The molecule has 1 aliphatic carbocycles. The lowest BCUT2D eigenvalue weighted by atomic mass is 10.1. The van der Waals surface area contributed by atoms with Crippen LogP contribution >= 0.6 is 0 Å². The number of nitrogens with zero attached hydrogens (tertiary/aromatic N) is 1. The molecule has 0 spiro atoms. The van der Waals surface area contributed by atoms with Crippen molar-refractivity contribution in [2.45, 2.75) is 38.6 Å². The van der Waals surface area contributed by atoms with Crippen LogP contribution in [0.25, 0.3) is 0 Å². The van der Waals surface area contributed by atoms with Gasteiger partial charge >= 0.3 is 0 Å². The predicted octanol–water partition coefficient (Wildman–Crippen LogP) is 3.18. The zero-order valence-electron chi connectivity index (χ0n) is 11.2. The van der Waals surface area contributed by atoms with Crippen LogP contribution in [0, 0.1) is 5.92 Å². The van der Waals surface area contributed by atoms with E-state index < -0.39 is 0 Å². The summed E-state index contributed by atoms with van der Waals surface area (Å²) in [5, 5.41) is 3.55. The summed E-state index contributed by atoms with van der Waals surface area (Å²) < 4.78 is 0. The summed E-state index contributed by atoms with van der Waals surface area (Å²) in [4.78, 5) is 2.52. The molecule has 2 nitrogen and oxygen atoms in total. The van der Waals surface area contributed by atoms with Crippen LogP contribution in [0.5, 0.6) is 0 Å². The van der Waals surface area contributed by atoms with Gasteiger partial charge in [-0.3, -0.25) is 0 Å². The summed E-state index contributed by atoms with van der Waals surface area (Å²) in [6.07, 6.45) is 6.97. The highest BCUT2D eigenvalue weighted by molar-refractivity contribution is 5.47. The van der Waals surface area contributed by atoms with Gasteiger partial charge in [0.05, 0.1) is 0 Å². The van der Waals surface area contributed by atoms with Gasteiger partial charge in [-0.25, -0.2) is 0 Å². The van der Waals surface area contributed by atoms with E-state index in [0.717, 1.165) is 12.5 Å². The molecule has 1 saturated heterocycles. The zero-order valence-corrected chi connectivity index (χ0v) is 11.2. The molecule has 0 bridgehead atoms. The Kier molecular flexibility index (Phi) is 3.84. The van der Waals surface area contributed by atoms with Crippen LogP contribution in [-0.4, -0.2) is 19.6 Å². The van der Waals surface area contributed by atoms with Crippen molar-refractivity contribution in [1.82, 2.24) is 5.32 Å². The molecule has 0 atom stereocenters. The number of anilines is 1. The zero-order chi connectivity index (χ0) is 12.2. The van der Waals surface area contributed by atoms with Gasteiger partial charge in [-0.1, -0.05) is 12.1 Å². The van der Waals surface area contributed by atoms with Gasteiger partial charge in [0.15, 0.2) is 0 Å². The molecular formula is C16H24N2. The number of hydrogen-bond acceptors (Lipinski definition) is 2. The topological polar surface area (TPSA) is 15.3 Å². The lowest BCUT2D eigenvalue weighted by molar-refractivity contribution is 0.577. The van der Waals surface area contributed by atoms with Crippen molar-refractivity contribution in [1.29, 1.82) is 0 Å². The molecule has 0 radical (unpaired) electrons. The highest BCUT2D eigenvalue weighted by Gasteiger charge is 2.20. The Morgan fingerprint density at radius 3 is 2.39 bits per heavy atom. The number of nitrogens with one attached hydrogen (secondary N) is 1. The first-order valence-electron chi connectivity index (χ1n) is 7.46. The van der Waals surface area contributed by atoms with Crippen LogP contribution < -0.4 is 10.2 Å². The second-order valence-electron chi connectivity index (χ2n) is 5.79. The summed E-state index contributed by atoms with van der Waals surface area (Å²) in [7, 11) is 0. The molecule has 1 saturated carbocycles. The first kappa shape index (κ1) is 12.0. The molecule has 1 aromatic rings. The van der Waals surface area contributed by atoms with E-state index in [1.54, 1.807) is 0 Å². The smallest absolute Gasteiger partial charge is 0.0366 e. The molecule has 1 N–H and O–H groups in total. The van der Waals surface area contributed by atoms with Gasteiger partial charge in [-0.15, -0.1) is 0 Å². The quantitative estimate of drug-likeness (QED) is 0.856. The Labute approximate surface area is 110 Å². The molecule has 0 amide bonds. The molecule has 3 rings (SSSR count). The van der Waals surface area contributed by atoms with Crippen LogP contribution in [-0.2, 0) is 6.54 Å². The van der Waals surface area contributed by atoms with Crippen LogP contribution in [0.2, 0.25) is 0 Å². The van der Waals surface area contributed by atoms with E-state index in [4.69, 9.17) is 0 Å². The Bertz CT molecular complexity index is 361. The second kappa shape index (κ2) is 5.75. The normalized spacial score (nSPS) is 20.1. The van der Waals surface area contributed by atoms with Crippen molar-refractivity contribution in [2.75, 3.05) is 24.5 Å². The van der Waals surface area contributed by atoms with Crippen LogP contribution in [0.4, 0.5) is 5.69 Å². The highest BCUT2D eigenvalue weighted by Crippen LogP contribution is 2.27. The standard InChI is InChI=1S/C16H24N2/c1-2-10-18(11-3-1)16-8-6-15(7-9-16)13-17-12-14-4-5-14/h6-9,14,17H,1-5,10-13H2. The third-order valence-electron chi connectivity index (χ3n) is 4.12. The van der Waals surface area contributed by atoms with Gasteiger partial charge in [0.25, 0.3) is 0 Å². The van der Waals surface area contributed by atoms with Crippen molar-refractivity contribution in [3.63, 3.8) is 0 Å². The fourth-order valence-electron chi connectivity index (χ4n) is 2.72. The molecule has 18 heavy (non-hydrogen) atoms. The Hall–Kier alpha value is -1.02. The van der Waals surface area contributed by atoms with E-state index in [0.29, 0.717) is 0 Å². The molecule has 1 heterocycles. The third kappa shape index (κ3) is 3.26. The molecule has 0 aromatic heterocycles. The average Bonchev–Trinajstić information content (AvgIpc) is 3.25. The third-order valence-corrected chi connectivity index (χ3v) is 4.12. The largest absolute Gasteiger partial charge is 0.372 e. The lowest BCUT2D eigenvalue weighted by Gasteiger charge is -2.28.